The molecule has 0 spiro atoms. The lowest BCUT2D eigenvalue weighted by Crippen LogP contribution is -2.52. The van der Waals surface area contributed by atoms with Gasteiger partial charge in [-0.15, -0.1) is 0 Å². The molecule has 0 aliphatic rings. The smallest absolute Gasteiger partial charge is 0.264 e. The number of amides is 2. The van der Waals surface area contributed by atoms with Gasteiger partial charge in [-0.05, 0) is 68.3 Å². The zero-order chi connectivity index (χ0) is 28.6. The maximum Gasteiger partial charge on any atom is 0.264 e. The summed E-state index contributed by atoms with van der Waals surface area (Å²) in [4.78, 5) is 28.4. The number of nitrogens with one attached hydrogen (secondary N) is 1. The highest BCUT2D eigenvalue weighted by molar-refractivity contribution is 7.92. The number of sulfonamides is 1. The van der Waals surface area contributed by atoms with Gasteiger partial charge in [-0.2, -0.15) is 0 Å². The Kier molecular flexibility index (Phi) is 10.4. The molecule has 2 atom stereocenters. The van der Waals surface area contributed by atoms with E-state index < -0.39 is 28.5 Å². The number of rotatable bonds is 12. The van der Waals surface area contributed by atoms with Crippen molar-refractivity contribution in [3.05, 3.63) is 89.4 Å². The largest absolute Gasteiger partial charge is 0.497 e. The molecule has 0 aromatic heterocycles. The molecule has 208 valence electrons. The predicted molar refractivity (Wildman–Crippen MR) is 153 cm³/mol. The highest BCUT2D eigenvalue weighted by atomic mass is 35.5. The second-order valence-electron chi connectivity index (χ2n) is 9.17. The van der Waals surface area contributed by atoms with Gasteiger partial charge in [-0.1, -0.05) is 54.9 Å². The van der Waals surface area contributed by atoms with Gasteiger partial charge in [0, 0.05) is 17.6 Å². The van der Waals surface area contributed by atoms with Crippen LogP contribution < -0.4 is 14.4 Å². The summed E-state index contributed by atoms with van der Waals surface area (Å²) in [6.45, 7) is 4.99. The summed E-state index contributed by atoms with van der Waals surface area (Å²) in [6.07, 6.45) is 0.722. The summed E-state index contributed by atoms with van der Waals surface area (Å²) in [7, 11) is -2.60. The molecule has 0 aliphatic carbocycles. The molecule has 0 fully saturated rings. The van der Waals surface area contributed by atoms with Crippen LogP contribution in [0.1, 0.15) is 32.8 Å². The van der Waals surface area contributed by atoms with Crippen molar-refractivity contribution in [2.24, 2.45) is 0 Å². The Morgan fingerprint density at radius 2 is 1.67 bits per heavy atom. The minimum absolute atomic E-state index is 0.0275. The van der Waals surface area contributed by atoms with Crippen molar-refractivity contribution >= 4 is 39.1 Å². The van der Waals surface area contributed by atoms with E-state index in [2.05, 4.69) is 5.32 Å². The van der Waals surface area contributed by atoms with Crippen molar-refractivity contribution in [2.75, 3.05) is 18.0 Å². The van der Waals surface area contributed by atoms with Crippen LogP contribution in [-0.4, -0.2) is 50.9 Å². The zero-order valence-electron chi connectivity index (χ0n) is 22.5. The molecule has 3 aromatic rings. The van der Waals surface area contributed by atoms with E-state index in [1.54, 1.807) is 68.6 Å². The van der Waals surface area contributed by atoms with Crippen LogP contribution in [-0.2, 0) is 26.2 Å². The third-order valence-electron chi connectivity index (χ3n) is 6.36. The molecule has 8 nitrogen and oxygen atoms in total. The number of halogens is 1. The van der Waals surface area contributed by atoms with E-state index in [0.29, 0.717) is 10.8 Å². The Balaban J connectivity index is 2.02. The molecule has 3 aromatic carbocycles. The summed E-state index contributed by atoms with van der Waals surface area (Å²) < 4.78 is 33.8. The number of nitrogens with zero attached hydrogens (tertiary/aromatic N) is 2. The van der Waals surface area contributed by atoms with Crippen molar-refractivity contribution in [1.29, 1.82) is 0 Å². The average molecular weight is 572 g/mol. The number of benzene rings is 3. The summed E-state index contributed by atoms with van der Waals surface area (Å²) in [5.41, 5.74) is 0.962. The van der Waals surface area contributed by atoms with E-state index in [4.69, 9.17) is 16.3 Å². The number of methoxy groups -OCH3 is 1. The fourth-order valence-corrected chi connectivity index (χ4v) is 5.51. The molecule has 0 bridgehead atoms. The van der Waals surface area contributed by atoms with E-state index >= 15 is 0 Å². The topological polar surface area (TPSA) is 96.0 Å². The third kappa shape index (κ3) is 7.74. The SMILES string of the molecule is CCC(C)NC(=O)C(C)N(Cc1cccc(OC)c1)C(=O)CN(c1cccc(Cl)c1)S(=O)(=O)c1ccccc1. The Morgan fingerprint density at radius 1 is 0.974 bits per heavy atom. The van der Waals surface area contributed by atoms with Crippen LogP contribution in [0.5, 0.6) is 5.75 Å². The Labute approximate surface area is 235 Å². The van der Waals surface area contributed by atoms with Crippen molar-refractivity contribution < 1.29 is 22.7 Å². The lowest BCUT2D eigenvalue weighted by atomic mass is 10.1. The number of carbonyl (C=O) groups is 2. The van der Waals surface area contributed by atoms with Crippen LogP contribution in [0.15, 0.2) is 83.8 Å². The Bertz CT molecular complexity index is 1380. The highest BCUT2D eigenvalue weighted by Gasteiger charge is 2.32. The molecule has 0 radical (unpaired) electrons. The second kappa shape index (κ2) is 13.5. The van der Waals surface area contributed by atoms with Crippen LogP contribution in [0.4, 0.5) is 5.69 Å². The van der Waals surface area contributed by atoms with Gasteiger partial charge in [-0.3, -0.25) is 13.9 Å². The van der Waals surface area contributed by atoms with Gasteiger partial charge in [0.15, 0.2) is 0 Å². The minimum atomic E-state index is -4.15. The molecule has 2 amide bonds. The maximum absolute atomic E-state index is 13.9. The van der Waals surface area contributed by atoms with Crippen molar-refractivity contribution in [3.8, 4) is 5.75 Å². The average Bonchev–Trinajstić information content (AvgIpc) is 2.94. The molecule has 0 saturated heterocycles. The number of hydrogen-bond acceptors (Lipinski definition) is 5. The molecule has 0 aliphatic heterocycles. The first-order valence-electron chi connectivity index (χ1n) is 12.6. The highest BCUT2D eigenvalue weighted by Crippen LogP contribution is 2.27. The van der Waals surface area contributed by atoms with Gasteiger partial charge < -0.3 is 15.0 Å². The summed E-state index contributed by atoms with van der Waals surface area (Å²) in [5.74, 6) is -0.284. The van der Waals surface area contributed by atoms with E-state index in [9.17, 15) is 18.0 Å². The summed E-state index contributed by atoms with van der Waals surface area (Å²) >= 11 is 6.19. The lowest BCUT2D eigenvalue weighted by molar-refractivity contribution is -0.139. The number of anilines is 1. The van der Waals surface area contributed by atoms with E-state index in [-0.39, 0.29) is 29.1 Å². The quantitative estimate of drug-likeness (QED) is 0.334. The normalized spacial score (nSPS) is 12.7. The Hall–Kier alpha value is -3.56. The molecule has 3 rings (SSSR count). The molecular formula is C29H34ClN3O5S. The molecule has 0 saturated carbocycles. The molecule has 2 unspecified atom stereocenters. The number of hydrogen-bond donors (Lipinski definition) is 1. The van der Waals surface area contributed by atoms with Crippen LogP contribution in [0.25, 0.3) is 0 Å². The van der Waals surface area contributed by atoms with Crippen LogP contribution in [0, 0.1) is 0 Å². The van der Waals surface area contributed by atoms with Gasteiger partial charge in [0.2, 0.25) is 11.8 Å². The fraction of sp³-hybridized carbons (Fsp3) is 0.310. The van der Waals surface area contributed by atoms with E-state index in [1.165, 1.54) is 23.1 Å². The zero-order valence-corrected chi connectivity index (χ0v) is 24.1. The van der Waals surface area contributed by atoms with E-state index in [1.807, 2.05) is 19.9 Å². The van der Waals surface area contributed by atoms with Gasteiger partial charge in [0.1, 0.15) is 18.3 Å². The summed E-state index contributed by atoms with van der Waals surface area (Å²) in [5, 5.41) is 3.24. The first-order valence-corrected chi connectivity index (χ1v) is 14.4. The first kappa shape index (κ1) is 30.0. The molecule has 39 heavy (non-hydrogen) atoms. The second-order valence-corrected chi connectivity index (χ2v) is 11.5. The molecule has 1 N–H and O–H groups in total. The van der Waals surface area contributed by atoms with Crippen molar-refractivity contribution in [2.45, 2.75) is 50.7 Å². The van der Waals surface area contributed by atoms with Gasteiger partial charge in [0.25, 0.3) is 10.0 Å². The van der Waals surface area contributed by atoms with Crippen LogP contribution in [0.2, 0.25) is 5.02 Å². The maximum atomic E-state index is 13.9. The van der Waals surface area contributed by atoms with Crippen LogP contribution >= 0.6 is 11.6 Å². The first-order chi connectivity index (χ1) is 18.6. The summed E-state index contributed by atoms with van der Waals surface area (Å²) in [6, 6.07) is 20.4. The van der Waals surface area contributed by atoms with Gasteiger partial charge in [0.05, 0.1) is 17.7 Å². The Morgan fingerprint density at radius 3 is 2.31 bits per heavy atom. The van der Waals surface area contributed by atoms with E-state index in [0.717, 1.165) is 16.3 Å². The lowest BCUT2D eigenvalue weighted by Gasteiger charge is -2.32. The van der Waals surface area contributed by atoms with Gasteiger partial charge >= 0.3 is 0 Å². The predicted octanol–water partition coefficient (Wildman–Crippen LogP) is 4.88. The number of ether oxygens (including phenoxy) is 1. The standard InChI is InChI=1S/C29H34ClN3O5S/c1-5-21(2)31-29(35)22(3)32(19-23-11-9-14-26(17-23)38-4)28(34)20-33(25-13-10-12-24(30)18-25)39(36,37)27-15-7-6-8-16-27/h6-18,21-22H,5,19-20H2,1-4H3,(H,31,35). The monoisotopic (exact) mass is 571 g/mol. The molecule has 0 heterocycles. The van der Waals surface area contributed by atoms with Gasteiger partial charge in [-0.25, -0.2) is 8.42 Å². The number of carbonyl (C=O) groups excluding carboxylic acids is 2. The molecule has 10 heteroatoms. The van der Waals surface area contributed by atoms with Crippen LogP contribution in [0.3, 0.4) is 0 Å². The fourth-order valence-electron chi connectivity index (χ4n) is 3.90. The van der Waals surface area contributed by atoms with Crippen molar-refractivity contribution in [3.63, 3.8) is 0 Å². The molecular weight excluding hydrogens is 538 g/mol. The third-order valence-corrected chi connectivity index (χ3v) is 8.38. The van der Waals surface area contributed by atoms with Crippen molar-refractivity contribution in [1.82, 2.24) is 10.2 Å². The minimum Gasteiger partial charge on any atom is -0.497 e.